The summed E-state index contributed by atoms with van der Waals surface area (Å²) < 4.78 is 14.1. The average molecular weight is 315 g/mol. The number of halogens is 2. The van der Waals surface area contributed by atoms with Gasteiger partial charge in [0, 0.05) is 6.04 Å². The summed E-state index contributed by atoms with van der Waals surface area (Å²) in [6.45, 7) is 2.28. The Morgan fingerprint density at radius 3 is 2.89 bits per heavy atom. The van der Waals surface area contributed by atoms with Gasteiger partial charge in [0.25, 0.3) is 0 Å². The first kappa shape index (κ1) is 14.0. The van der Waals surface area contributed by atoms with Gasteiger partial charge in [0.15, 0.2) is 0 Å². The van der Waals surface area contributed by atoms with Crippen molar-refractivity contribution in [1.82, 2.24) is 5.43 Å². The average Bonchev–Trinajstić information content (AvgIpc) is 2.77. The van der Waals surface area contributed by atoms with E-state index in [1.54, 1.807) is 6.07 Å². The summed E-state index contributed by atoms with van der Waals surface area (Å²) in [5.41, 5.74) is 3.91. The first-order chi connectivity index (χ1) is 8.63. The molecule has 0 heterocycles. The zero-order valence-corrected chi connectivity index (χ0v) is 12.2. The van der Waals surface area contributed by atoms with E-state index >= 15 is 0 Å². The van der Waals surface area contributed by atoms with Gasteiger partial charge >= 0.3 is 0 Å². The molecule has 18 heavy (non-hydrogen) atoms. The maximum atomic E-state index is 13.5. The molecule has 1 fully saturated rings. The molecule has 1 aliphatic rings. The Bertz CT molecular complexity index is 411. The van der Waals surface area contributed by atoms with Gasteiger partial charge in [0.2, 0.25) is 0 Å². The fourth-order valence-corrected chi connectivity index (χ4v) is 3.48. The first-order valence-electron chi connectivity index (χ1n) is 6.52. The van der Waals surface area contributed by atoms with E-state index in [-0.39, 0.29) is 11.9 Å². The number of nitrogens with one attached hydrogen (secondary N) is 1. The van der Waals surface area contributed by atoms with E-state index in [2.05, 4.69) is 28.3 Å². The van der Waals surface area contributed by atoms with Gasteiger partial charge in [-0.3, -0.25) is 11.3 Å². The van der Waals surface area contributed by atoms with E-state index in [1.165, 1.54) is 25.3 Å². The summed E-state index contributed by atoms with van der Waals surface area (Å²) in [7, 11) is 0. The summed E-state index contributed by atoms with van der Waals surface area (Å²) in [5, 5.41) is 0. The lowest BCUT2D eigenvalue weighted by Gasteiger charge is -2.26. The third kappa shape index (κ3) is 2.92. The predicted molar refractivity (Wildman–Crippen MR) is 75.4 cm³/mol. The van der Waals surface area contributed by atoms with Crippen LogP contribution in [0.3, 0.4) is 0 Å². The monoisotopic (exact) mass is 314 g/mol. The molecular formula is C14H20BrFN2. The van der Waals surface area contributed by atoms with Crippen LogP contribution in [-0.4, -0.2) is 6.04 Å². The van der Waals surface area contributed by atoms with Crippen LogP contribution in [0.1, 0.15) is 31.7 Å². The Hall–Kier alpha value is -0.450. The second kappa shape index (κ2) is 6.13. The van der Waals surface area contributed by atoms with E-state index in [0.29, 0.717) is 16.3 Å². The molecule has 2 nitrogen and oxygen atoms in total. The second-order valence-electron chi connectivity index (χ2n) is 5.26. The molecule has 1 aliphatic carbocycles. The van der Waals surface area contributed by atoms with E-state index in [1.807, 2.05) is 6.07 Å². The molecule has 4 heteroatoms. The van der Waals surface area contributed by atoms with Gasteiger partial charge in [-0.25, -0.2) is 4.39 Å². The van der Waals surface area contributed by atoms with Crippen molar-refractivity contribution in [1.29, 1.82) is 0 Å². The van der Waals surface area contributed by atoms with Gasteiger partial charge < -0.3 is 0 Å². The van der Waals surface area contributed by atoms with Crippen LogP contribution in [0.5, 0.6) is 0 Å². The Labute approximate surface area is 116 Å². The molecule has 3 N–H and O–H groups in total. The lowest BCUT2D eigenvalue weighted by Crippen LogP contribution is -2.43. The van der Waals surface area contributed by atoms with E-state index in [0.717, 1.165) is 12.0 Å². The summed E-state index contributed by atoms with van der Waals surface area (Å²) in [5.74, 6) is 6.77. The lowest BCUT2D eigenvalue weighted by atomic mass is 9.87. The molecule has 1 aromatic carbocycles. The first-order valence-corrected chi connectivity index (χ1v) is 7.31. The number of benzene rings is 1. The highest BCUT2D eigenvalue weighted by Crippen LogP contribution is 2.35. The molecule has 0 bridgehead atoms. The highest BCUT2D eigenvalue weighted by Gasteiger charge is 2.30. The Morgan fingerprint density at radius 2 is 2.28 bits per heavy atom. The van der Waals surface area contributed by atoms with Crippen molar-refractivity contribution in [2.45, 2.75) is 38.6 Å². The Kier molecular flexibility index (Phi) is 4.76. The standard InChI is InChI=1S/C14H20BrFN2/c1-9-4-2-6-11(9)13(18-17)8-10-5-3-7-12(16)14(10)15/h3,5,7,9,11,13,18H,2,4,6,8,17H2,1H3. The van der Waals surface area contributed by atoms with Crippen molar-refractivity contribution in [3.8, 4) is 0 Å². The van der Waals surface area contributed by atoms with Gasteiger partial charge in [-0.15, -0.1) is 0 Å². The van der Waals surface area contributed by atoms with Crippen LogP contribution in [0, 0.1) is 17.7 Å². The normalized spacial score (nSPS) is 25.3. The SMILES string of the molecule is CC1CCCC1C(Cc1cccc(F)c1Br)NN. The molecule has 2 rings (SSSR count). The molecule has 0 amide bonds. The molecule has 0 aromatic heterocycles. The van der Waals surface area contributed by atoms with Crippen LogP contribution >= 0.6 is 15.9 Å². The molecule has 1 saturated carbocycles. The number of hydrazine groups is 1. The molecule has 100 valence electrons. The fourth-order valence-electron chi connectivity index (χ4n) is 3.05. The molecular weight excluding hydrogens is 295 g/mol. The maximum Gasteiger partial charge on any atom is 0.137 e. The van der Waals surface area contributed by atoms with Gasteiger partial charge in [-0.2, -0.15) is 0 Å². The smallest absolute Gasteiger partial charge is 0.137 e. The summed E-state index contributed by atoms with van der Waals surface area (Å²) >= 11 is 3.32. The van der Waals surface area contributed by atoms with Gasteiger partial charge in [0.05, 0.1) is 4.47 Å². The Balaban J connectivity index is 2.12. The van der Waals surface area contributed by atoms with Crippen LogP contribution < -0.4 is 11.3 Å². The third-order valence-electron chi connectivity index (χ3n) is 4.13. The van der Waals surface area contributed by atoms with E-state index in [4.69, 9.17) is 5.84 Å². The molecule has 0 spiro atoms. The number of hydrogen-bond acceptors (Lipinski definition) is 2. The largest absolute Gasteiger partial charge is 0.271 e. The molecule has 3 atom stereocenters. The Morgan fingerprint density at radius 1 is 1.50 bits per heavy atom. The zero-order chi connectivity index (χ0) is 13.1. The minimum absolute atomic E-state index is 0.206. The zero-order valence-electron chi connectivity index (χ0n) is 10.6. The minimum Gasteiger partial charge on any atom is -0.271 e. The molecule has 3 unspecified atom stereocenters. The molecule has 1 aromatic rings. The van der Waals surface area contributed by atoms with Crippen molar-refractivity contribution >= 4 is 15.9 Å². The van der Waals surface area contributed by atoms with Crippen LogP contribution in [0.25, 0.3) is 0 Å². The van der Waals surface area contributed by atoms with Crippen molar-refractivity contribution in [2.24, 2.45) is 17.7 Å². The number of hydrogen-bond donors (Lipinski definition) is 2. The topological polar surface area (TPSA) is 38.0 Å². The number of rotatable bonds is 4. The van der Waals surface area contributed by atoms with Crippen LogP contribution in [-0.2, 0) is 6.42 Å². The number of nitrogens with two attached hydrogens (primary N) is 1. The van der Waals surface area contributed by atoms with Gasteiger partial charge in [0.1, 0.15) is 5.82 Å². The third-order valence-corrected chi connectivity index (χ3v) is 5.02. The second-order valence-corrected chi connectivity index (χ2v) is 6.06. The maximum absolute atomic E-state index is 13.5. The quantitative estimate of drug-likeness (QED) is 0.660. The molecule has 0 aliphatic heterocycles. The molecule has 0 saturated heterocycles. The van der Waals surface area contributed by atoms with Crippen molar-refractivity contribution < 1.29 is 4.39 Å². The molecule has 0 radical (unpaired) electrons. The van der Waals surface area contributed by atoms with Crippen LogP contribution in [0.15, 0.2) is 22.7 Å². The predicted octanol–water partition coefficient (Wildman–Crippen LogP) is 3.40. The fraction of sp³-hybridized carbons (Fsp3) is 0.571. The van der Waals surface area contributed by atoms with Crippen LogP contribution in [0.4, 0.5) is 4.39 Å². The summed E-state index contributed by atoms with van der Waals surface area (Å²) in [4.78, 5) is 0. The van der Waals surface area contributed by atoms with E-state index < -0.39 is 0 Å². The van der Waals surface area contributed by atoms with Gasteiger partial charge in [-0.05, 0) is 52.2 Å². The van der Waals surface area contributed by atoms with Crippen LogP contribution in [0.2, 0.25) is 0 Å². The van der Waals surface area contributed by atoms with Crippen molar-refractivity contribution in [2.75, 3.05) is 0 Å². The lowest BCUT2D eigenvalue weighted by molar-refractivity contribution is 0.297. The van der Waals surface area contributed by atoms with Crippen molar-refractivity contribution in [3.63, 3.8) is 0 Å². The van der Waals surface area contributed by atoms with Crippen molar-refractivity contribution in [3.05, 3.63) is 34.1 Å². The summed E-state index contributed by atoms with van der Waals surface area (Å²) in [6, 6.07) is 5.40. The highest BCUT2D eigenvalue weighted by atomic mass is 79.9. The van der Waals surface area contributed by atoms with Gasteiger partial charge in [-0.1, -0.05) is 31.9 Å². The minimum atomic E-state index is -0.206. The summed E-state index contributed by atoms with van der Waals surface area (Å²) in [6.07, 6.45) is 4.52. The highest BCUT2D eigenvalue weighted by molar-refractivity contribution is 9.10. The van der Waals surface area contributed by atoms with E-state index in [9.17, 15) is 4.39 Å².